The lowest BCUT2D eigenvalue weighted by Gasteiger charge is -2.22. The summed E-state index contributed by atoms with van der Waals surface area (Å²) in [6, 6.07) is 9.68. The van der Waals surface area contributed by atoms with E-state index < -0.39 is 10.8 Å². The predicted octanol–water partition coefficient (Wildman–Crippen LogP) is 0.188. The molecule has 0 aliphatic rings. The van der Waals surface area contributed by atoms with Gasteiger partial charge in [-0.1, -0.05) is 6.07 Å². The van der Waals surface area contributed by atoms with Gasteiger partial charge in [-0.15, -0.1) is 10.2 Å². The van der Waals surface area contributed by atoms with Crippen LogP contribution in [0.3, 0.4) is 0 Å². The van der Waals surface area contributed by atoms with Crippen molar-refractivity contribution in [2.75, 3.05) is 12.4 Å². The van der Waals surface area contributed by atoms with Crippen LogP contribution >= 0.6 is 0 Å². The highest BCUT2D eigenvalue weighted by Crippen LogP contribution is 2.31. The quantitative estimate of drug-likeness (QED) is 0.660. The molecular weight excluding hydrogens is 327 g/mol. The van der Waals surface area contributed by atoms with Gasteiger partial charge in [0.2, 0.25) is 0 Å². The standard InChI is InChI=1S/C16H12B3N5O2/c1-20-14-5-4-12(22-23-14)11-3-2-9(6-13(11)25)10-7-15(26)24(21-8-10)16(17,18)19/h2-8,25H,1H3,(H,20,23). The van der Waals surface area contributed by atoms with Gasteiger partial charge in [0.15, 0.2) is 0 Å². The van der Waals surface area contributed by atoms with Crippen LogP contribution in [0.4, 0.5) is 5.82 Å². The van der Waals surface area contributed by atoms with Crippen molar-refractivity contribution < 1.29 is 5.11 Å². The first-order chi connectivity index (χ1) is 12.3. The van der Waals surface area contributed by atoms with E-state index >= 15 is 0 Å². The Balaban J connectivity index is 1.97. The van der Waals surface area contributed by atoms with Gasteiger partial charge in [0.1, 0.15) is 11.6 Å². The molecule has 0 saturated carbocycles. The van der Waals surface area contributed by atoms with Crippen LogP contribution in [0.2, 0.25) is 0 Å². The first kappa shape index (κ1) is 17.8. The molecule has 2 aromatic heterocycles. The molecule has 2 N–H and O–H groups in total. The lowest BCUT2D eigenvalue weighted by molar-refractivity contribution is 0.477. The lowest BCUT2D eigenvalue weighted by Crippen LogP contribution is -2.44. The summed E-state index contributed by atoms with van der Waals surface area (Å²) in [6.07, 6.45) is 1.39. The number of phenolic OH excluding ortho intramolecular Hbond substituents is 1. The number of nitrogens with one attached hydrogen (secondary N) is 1. The average Bonchev–Trinajstić information content (AvgIpc) is 2.60. The molecule has 0 saturated heterocycles. The number of hydrogen-bond donors (Lipinski definition) is 2. The Labute approximate surface area is 153 Å². The molecule has 10 heteroatoms. The van der Waals surface area contributed by atoms with Crippen molar-refractivity contribution in [3.05, 3.63) is 52.9 Å². The van der Waals surface area contributed by atoms with Crippen LogP contribution in [0.25, 0.3) is 22.4 Å². The third-order valence-electron chi connectivity index (χ3n) is 3.69. The van der Waals surface area contributed by atoms with Crippen LogP contribution < -0.4 is 10.9 Å². The van der Waals surface area contributed by atoms with Gasteiger partial charge in [0, 0.05) is 24.2 Å². The van der Waals surface area contributed by atoms with E-state index in [4.69, 9.17) is 23.5 Å². The van der Waals surface area contributed by atoms with Crippen molar-refractivity contribution in [2.45, 2.75) is 5.24 Å². The molecule has 0 unspecified atom stereocenters. The van der Waals surface area contributed by atoms with E-state index in [1.807, 2.05) is 0 Å². The van der Waals surface area contributed by atoms with E-state index in [0.29, 0.717) is 28.2 Å². The molecular formula is C16H12B3N5O2. The van der Waals surface area contributed by atoms with Gasteiger partial charge in [-0.05, 0) is 35.1 Å². The second-order valence-electron chi connectivity index (χ2n) is 5.67. The Morgan fingerprint density at radius 2 is 1.85 bits per heavy atom. The molecule has 0 bridgehead atoms. The normalized spacial score (nSPS) is 11.3. The molecule has 0 fully saturated rings. The largest absolute Gasteiger partial charge is 0.507 e. The van der Waals surface area contributed by atoms with Gasteiger partial charge in [-0.25, -0.2) is 0 Å². The van der Waals surface area contributed by atoms with Gasteiger partial charge in [0.25, 0.3) is 5.56 Å². The zero-order valence-electron chi connectivity index (χ0n) is 13.9. The highest BCUT2D eigenvalue weighted by molar-refractivity contribution is 6.56. The molecule has 122 valence electrons. The Morgan fingerprint density at radius 1 is 1.08 bits per heavy atom. The molecule has 0 amide bonds. The summed E-state index contributed by atoms with van der Waals surface area (Å²) < 4.78 is 0.767. The van der Waals surface area contributed by atoms with E-state index in [0.717, 1.165) is 4.68 Å². The Morgan fingerprint density at radius 3 is 2.38 bits per heavy atom. The molecule has 0 aliphatic heterocycles. The van der Waals surface area contributed by atoms with Crippen LogP contribution in [-0.4, -0.2) is 55.7 Å². The minimum atomic E-state index is -1.89. The lowest BCUT2D eigenvalue weighted by atomic mass is 9.49. The minimum absolute atomic E-state index is 0.0102. The molecule has 2 heterocycles. The fraction of sp³-hybridized carbons (Fsp3) is 0.125. The predicted molar refractivity (Wildman–Crippen MR) is 101 cm³/mol. The van der Waals surface area contributed by atoms with E-state index in [1.54, 1.807) is 31.3 Å². The Hall–Kier alpha value is -3.03. The molecule has 1 aromatic carbocycles. The van der Waals surface area contributed by atoms with Crippen molar-refractivity contribution >= 4 is 29.4 Å². The maximum atomic E-state index is 12.1. The number of benzene rings is 1. The summed E-state index contributed by atoms with van der Waals surface area (Å²) in [5, 5.41) is 23.2. The molecule has 0 atom stereocenters. The molecule has 7 nitrogen and oxygen atoms in total. The fourth-order valence-corrected chi connectivity index (χ4v) is 2.39. The van der Waals surface area contributed by atoms with Crippen LogP contribution in [0, 0.1) is 0 Å². The van der Waals surface area contributed by atoms with Crippen molar-refractivity contribution in [3.8, 4) is 28.1 Å². The van der Waals surface area contributed by atoms with E-state index in [-0.39, 0.29) is 5.75 Å². The topological polar surface area (TPSA) is 92.9 Å². The number of aromatic nitrogens is 4. The smallest absolute Gasteiger partial charge is 0.265 e. The fourth-order valence-electron chi connectivity index (χ4n) is 2.39. The number of rotatable bonds is 4. The van der Waals surface area contributed by atoms with E-state index in [9.17, 15) is 9.90 Å². The maximum absolute atomic E-state index is 12.1. The number of phenols is 1. The highest BCUT2D eigenvalue weighted by Gasteiger charge is 2.15. The Kier molecular flexibility index (Phi) is 4.59. The monoisotopic (exact) mass is 339 g/mol. The van der Waals surface area contributed by atoms with Crippen molar-refractivity contribution in [1.82, 2.24) is 20.0 Å². The van der Waals surface area contributed by atoms with Crippen LogP contribution in [0.5, 0.6) is 5.75 Å². The number of anilines is 1. The summed E-state index contributed by atoms with van der Waals surface area (Å²) in [6.45, 7) is 0. The molecule has 0 spiro atoms. The minimum Gasteiger partial charge on any atom is -0.507 e. The SMILES string of the molecule is [B]C([B])([B])n1ncc(-c2ccc(-c3ccc(NC)nn3)c(O)c2)cc1=O. The third-order valence-corrected chi connectivity index (χ3v) is 3.69. The number of nitrogens with zero attached hydrogens (tertiary/aromatic N) is 4. The molecule has 26 heavy (non-hydrogen) atoms. The first-order valence-electron chi connectivity index (χ1n) is 7.61. The molecule has 0 aliphatic carbocycles. The molecule has 6 radical (unpaired) electrons. The van der Waals surface area contributed by atoms with Crippen LogP contribution in [0.15, 0.2) is 47.4 Å². The van der Waals surface area contributed by atoms with Crippen molar-refractivity contribution in [3.63, 3.8) is 0 Å². The molecule has 3 aromatic rings. The van der Waals surface area contributed by atoms with E-state index in [2.05, 4.69) is 20.6 Å². The van der Waals surface area contributed by atoms with Crippen molar-refractivity contribution in [1.29, 1.82) is 0 Å². The van der Waals surface area contributed by atoms with Gasteiger partial charge < -0.3 is 10.4 Å². The van der Waals surface area contributed by atoms with Gasteiger partial charge in [-0.3, -0.25) is 9.48 Å². The summed E-state index contributed by atoms with van der Waals surface area (Å²) in [5.74, 6) is 0.608. The van der Waals surface area contributed by atoms with Gasteiger partial charge >= 0.3 is 0 Å². The summed E-state index contributed by atoms with van der Waals surface area (Å²) in [5.41, 5.74) is 1.52. The third kappa shape index (κ3) is 3.49. The van der Waals surface area contributed by atoms with Gasteiger partial charge in [0.05, 0.1) is 35.4 Å². The second kappa shape index (κ2) is 6.70. The highest BCUT2D eigenvalue weighted by atomic mass is 16.3. The zero-order valence-corrected chi connectivity index (χ0v) is 13.9. The Bertz CT molecular complexity index is 1000. The maximum Gasteiger partial charge on any atom is 0.265 e. The number of aromatic hydroxyl groups is 1. The summed E-state index contributed by atoms with van der Waals surface area (Å²) in [4.78, 5) is 12.1. The van der Waals surface area contributed by atoms with Crippen LogP contribution in [0.1, 0.15) is 0 Å². The summed E-state index contributed by atoms with van der Waals surface area (Å²) >= 11 is 0. The van der Waals surface area contributed by atoms with E-state index in [1.165, 1.54) is 18.3 Å². The van der Waals surface area contributed by atoms with Gasteiger partial charge in [-0.2, -0.15) is 5.10 Å². The van der Waals surface area contributed by atoms with Crippen molar-refractivity contribution in [2.24, 2.45) is 0 Å². The second-order valence-corrected chi connectivity index (χ2v) is 5.67. The summed E-state index contributed by atoms with van der Waals surface area (Å²) in [7, 11) is 18.2. The molecule has 3 rings (SSSR count). The first-order valence-corrected chi connectivity index (χ1v) is 7.61. The zero-order chi connectivity index (χ0) is 18.9. The van der Waals surface area contributed by atoms with Crippen LogP contribution in [-0.2, 0) is 5.24 Å². The average molecular weight is 339 g/mol. The number of hydrogen-bond acceptors (Lipinski definition) is 6.